The van der Waals surface area contributed by atoms with E-state index in [0.717, 1.165) is 16.7 Å². The van der Waals surface area contributed by atoms with Crippen molar-refractivity contribution in [1.29, 1.82) is 5.26 Å². The predicted octanol–water partition coefficient (Wildman–Crippen LogP) is 3.11. The number of nitrogens with zero attached hydrogens (tertiary/aromatic N) is 5. The van der Waals surface area contributed by atoms with E-state index >= 15 is 0 Å². The van der Waals surface area contributed by atoms with E-state index in [-0.39, 0.29) is 63.6 Å². The fourth-order valence-corrected chi connectivity index (χ4v) is 3.79. The molecule has 0 aliphatic heterocycles. The molecule has 2 aromatic heterocycles. The Morgan fingerprint density at radius 2 is 1.97 bits per heavy atom. The van der Waals surface area contributed by atoms with Crippen molar-refractivity contribution in [2.24, 2.45) is 0 Å². The van der Waals surface area contributed by atoms with Crippen LogP contribution in [0.25, 0.3) is 16.6 Å². The highest BCUT2D eigenvalue weighted by atomic mass is 35.5. The summed E-state index contributed by atoms with van der Waals surface area (Å²) in [4.78, 5) is 25.7. The Balaban J connectivity index is 1.83. The van der Waals surface area contributed by atoms with Gasteiger partial charge in [-0.25, -0.2) is 13.8 Å². The van der Waals surface area contributed by atoms with Crippen LogP contribution in [0.4, 0.5) is 26.4 Å². The number of nitrogens with one attached hydrogen (secondary N) is 1. The molecule has 0 radical (unpaired) electrons. The number of benzene rings is 2. The summed E-state index contributed by atoms with van der Waals surface area (Å²) in [5.41, 5.74) is 11.2. The van der Waals surface area contributed by atoms with Gasteiger partial charge in [0.25, 0.3) is 5.56 Å². The quantitative estimate of drug-likeness (QED) is 0.393. The number of nitrogen functional groups attached to an aromatic ring is 2. The van der Waals surface area contributed by atoms with Crippen LogP contribution in [0.5, 0.6) is 0 Å². The second-order valence-electron chi connectivity index (χ2n) is 7.31. The lowest BCUT2D eigenvalue weighted by Gasteiger charge is -2.17. The average Bonchev–Trinajstić information content (AvgIpc) is 2.76. The Morgan fingerprint density at radius 3 is 2.71 bits per heavy atom. The second-order valence-corrected chi connectivity index (χ2v) is 7.72. The fraction of sp³-hybridized carbons (Fsp3) is 0.136. The number of hydrogen-bond donors (Lipinski definition) is 3. The van der Waals surface area contributed by atoms with Gasteiger partial charge in [-0.3, -0.25) is 9.36 Å². The van der Waals surface area contributed by atoms with E-state index in [1.807, 2.05) is 6.07 Å². The minimum absolute atomic E-state index is 0.0000543. The molecule has 0 saturated carbocycles. The zero-order valence-corrected chi connectivity index (χ0v) is 18.5. The molecule has 4 rings (SSSR count). The molecule has 2 heterocycles. The van der Waals surface area contributed by atoms with Gasteiger partial charge < -0.3 is 16.8 Å². The highest BCUT2D eigenvalue weighted by Crippen LogP contribution is 2.24. The lowest BCUT2D eigenvalue weighted by Crippen LogP contribution is -2.26. The number of nitriles is 1. The van der Waals surface area contributed by atoms with Crippen molar-refractivity contribution >= 4 is 40.1 Å². The van der Waals surface area contributed by atoms with Crippen LogP contribution < -0.4 is 22.3 Å². The molecule has 4 aromatic rings. The molecule has 9 nitrogen and oxygen atoms in total. The van der Waals surface area contributed by atoms with Crippen LogP contribution in [-0.4, -0.2) is 26.1 Å². The third-order valence-electron chi connectivity index (χ3n) is 5.15. The van der Waals surface area contributed by atoms with Gasteiger partial charge in [-0.15, -0.1) is 0 Å². The number of halogens is 3. The summed E-state index contributed by atoms with van der Waals surface area (Å²) >= 11 is 6.24. The smallest absolute Gasteiger partial charge is 0.267 e. The SMILES string of the molecule is Cc1c(F)cc(F)cc1-n1c(CCNc2nc(N)nc(N)c2C#N)nc2cccc(Cl)c2c1=O. The largest absolute Gasteiger partial charge is 0.382 e. The molecule has 34 heavy (non-hydrogen) atoms. The first-order chi connectivity index (χ1) is 16.2. The van der Waals surface area contributed by atoms with E-state index < -0.39 is 17.2 Å². The van der Waals surface area contributed by atoms with Crippen molar-refractivity contribution < 1.29 is 8.78 Å². The van der Waals surface area contributed by atoms with Crippen LogP contribution in [0.3, 0.4) is 0 Å². The van der Waals surface area contributed by atoms with Crippen LogP contribution in [0, 0.1) is 29.9 Å². The fourth-order valence-electron chi connectivity index (χ4n) is 3.54. The van der Waals surface area contributed by atoms with Crippen LogP contribution >= 0.6 is 11.6 Å². The summed E-state index contributed by atoms with van der Waals surface area (Å²) in [5.74, 6) is -1.55. The Labute approximate surface area is 196 Å². The van der Waals surface area contributed by atoms with Gasteiger partial charge in [0.2, 0.25) is 5.95 Å². The van der Waals surface area contributed by atoms with E-state index in [1.54, 1.807) is 12.1 Å². The number of rotatable bonds is 5. The second kappa shape index (κ2) is 8.92. The first-order valence-corrected chi connectivity index (χ1v) is 10.3. The van der Waals surface area contributed by atoms with Gasteiger partial charge in [0, 0.05) is 24.6 Å². The molecule has 172 valence electrons. The van der Waals surface area contributed by atoms with Gasteiger partial charge >= 0.3 is 0 Å². The van der Waals surface area contributed by atoms with E-state index in [2.05, 4.69) is 20.3 Å². The third-order valence-corrected chi connectivity index (χ3v) is 5.46. The Bertz CT molecular complexity index is 1550. The van der Waals surface area contributed by atoms with E-state index in [9.17, 15) is 18.8 Å². The van der Waals surface area contributed by atoms with Crippen LogP contribution in [-0.2, 0) is 6.42 Å². The maximum atomic E-state index is 14.3. The molecular formula is C22H17ClF2N8O. The summed E-state index contributed by atoms with van der Waals surface area (Å²) in [5, 5.41) is 12.5. The Hall–Kier alpha value is -4.30. The van der Waals surface area contributed by atoms with E-state index in [1.165, 1.54) is 13.0 Å². The van der Waals surface area contributed by atoms with Crippen LogP contribution in [0.15, 0.2) is 35.1 Å². The van der Waals surface area contributed by atoms with Crippen LogP contribution in [0.2, 0.25) is 5.02 Å². The number of nitrogens with two attached hydrogens (primary N) is 2. The number of aromatic nitrogens is 4. The topological polar surface area (TPSA) is 149 Å². The van der Waals surface area contributed by atoms with Crippen molar-refractivity contribution in [3.63, 3.8) is 0 Å². The minimum Gasteiger partial charge on any atom is -0.382 e. The summed E-state index contributed by atoms with van der Waals surface area (Å²) < 4.78 is 29.6. The standard InChI is InChI=1S/C22H17ClF2N8O/c1-10-14(25)7-11(24)8-16(10)33-17(30-15-4-2-3-13(23)18(15)21(33)34)5-6-29-20-12(9-26)19(27)31-22(28)32-20/h2-4,7-8H,5-6H2,1H3,(H5,27,28,29,31,32). The molecule has 0 spiro atoms. The normalized spacial score (nSPS) is 10.9. The summed E-state index contributed by atoms with van der Waals surface area (Å²) in [6.07, 6.45) is 0.101. The molecule has 0 unspecified atom stereocenters. The maximum Gasteiger partial charge on any atom is 0.267 e. The number of anilines is 3. The number of fused-ring (bicyclic) bond motifs is 1. The molecule has 12 heteroatoms. The molecule has 0 aliphatic carbocycles. The summed E-state index contributed by atoms with van der Waals surface area (Å²) in [7, 11) is 0. The van der Waals surface area contributed by atoms with Crippen LogP contribution in [0.1, 0.15) is 17.0 Å². The zero-order valence-electron chi connectivity index (χ0n) is 17.7. The molecule has 0 fully saturated rings. The highest BCUT2D eigenvalue weighted by Gasteiger charge is 2.19. The van der Waals surface area contributed by atoms with Gasteiger partial charge in [0.15, 0.2) is 5.82 Å². The number of hydrogen-bond acceptors (Lipinski definition) is 8. The monoisotopic (exact) mass is 482 g/mol. The molecule has 0 aliphatic rings. The third kappa shape index (κ3) is 4.06. The first kappa shape index (κ1) is 22.9. The molecule has 5 N–H and O–H groups in total. The zero-order chi connectivity index (χ0) is 24.6. The Morgan fingerprint density at radius 1 is 1.21 bits per heavy atom. The van der Waals surface area contributed by atoms with Gasteiger partial charge in [-0.1, -0.05) is 17.7 Å². The van der Waals surface area contributed by atoms with E-state index in [0.29, 0.717) is 5.52 Å². The van der Waals surface area contributed by atoms with Crippen molar-refractivity contribution in [3.05, 3.63) is 74.3 Å². The Kier molecular flexibility index (Phi) is 6.00. The average molecular weight is 483 g/mol. The van der Waals surface area contributed by atoms with Crippen molar-refractivity contribution in [1.82, 2.24) is 19.5 Å². The lowest BCUT2D eigenvalue weighted by molar-refractivity contribution is 0.574. The van der Waals surface area contributed by atoms with Gasteiger partial charge in [0.05, 0.1) is 21.6 Å². The minimum atomic E-state index is -0.848. The first-order valence-electron chi connectivity index (χ1n) is 9.94. The van der Waals surface area contributed by atoms with Crippen molar-refractivity contribution in [2.75, 3.05) is 23.3 Å². The highest BCUT2D eigenvalue weighted by molar-refractivity contribution is 6.35. The van der Waals surface area contributed by atoms with Crippen molar-refractivity contribution in [3.8, 4) is 11.8 Å². The van der Waals surface area contributed by atoms with E-state index in [4.69, 9.17) is 23.1 Å². The molecular weight excluding hydrogens is 466 g/mol. The predicted molar refractivity (Wildman–Crippen MR) is 125 cm³/mol. The van der Waals surface area contributed by atoms with Gasteiger partial charge in [0.1, 0.15) is 34.9 Å². The molecule has 0 atom stereocenters. The molecule has 0 saturated heterocycles. The summed E-state index contributed by atoms with van der Waals surface area (Å²) in [6.45, 7) is 1.56. The van der Waals surface area contributed by atoms with Gasteiger partial charge in [-0.05, 0) is 25.1 Å². The summed E-state index contributed by atoms with van der Waals surface area (Å²) in [6, 6.07) is 8.48. The molecule has 0 bridgehead atoms. The van der Waals surface area contributed by atoms with Gasteiger partial charge in [-0.2, -0.15) is 15.2 Å². The van der Waals surface area contributed by atoms with Crippen molar-refractivity contribution in [2.45, 2.75) is 13.3 Å². The molecule has 0 amide bonds. The molecule has 2 aromatic carbocycles. The maximum absolute atomic E-state index is 14.3. The lowest BCUT2D eigenvalue weighted by atomic mass is 10.1.